The van der Waals surface area contributed by atoms with E-state index in [1.54, 1.807) is 23.1 Å². The maximum absolute atomic E-state index is 13.4. The summed E-state index contributed by atoms with van der Waals surface area (Å²) < 4.78 is 6.08. The molecule has 7 nitrogen and oxygen atoms in total. The largest absolute Gasteiger partial charge is 0.474 e. The molecular weight excluding hydrogens is 404 g/mol. The summed E-state index contributed by atoms with van der Waals surface area (Å²) >= 11 is 0. The van der Waals surface area contributed by atoms with Crippen molar-refractivity contribution in [2.75, 3.05) is 31.1 Å². The molecule has 0 radical (unpaired) electrons. The quantitative estimate of drug-likeness (QED) is 0.251. The molecule has 7 heteroatoms. The lowest BCUT2D eigenvalue weighted by molar-refractivity contribution is -0.126. The second-order valence-corrected chi connectivity index (χ2v) is 8.53. The molecule has 2 aromatic carbocycles. The van der Waals surface area contributed by atoms with Crippen LogP contribution < -0.4 is 15.1 Å². The number of nitrogens with one attached hydrogen (secondary N) is 2. The molecule has 2 aliphatic heterocycles. The lowest BCUT2D eigenvalue weighted by atomic mass is 10.0. The Morgan fingerprint density at radius 1 is 1.03 bits per heavy atom. The number of hydrogen-bond acceptors (Lipinski definition) is 5. The Morgan fingerprint density at radius 3 is 2.53 bits per heavy atom. The standard InChI is InChI=1S/C25H32N4O3/c26-24(27-31)20-12-13-22-21(18-20)29(17-9-3-8-16-28-14-6-2-7-15-28)25(30)23(32-22)19-10-4-1-5-11-19/h1,4-5,10-13,18,23,31H,2-3,6-9,14-17H2,(H2,26,27). The number of carbonyl (C=O) groups excluding carboxylic acids is 1. The Labute approximate surface area is 189 Å². The van der Waals surface area contributed by atoms with E-state index in [9.17, 15) is 4.79 Å². The van der Waals surface area contributed by atoms with Gasteiger partial charge in [0.1, 0.15) is 11.6 Å². The van der Waals surface area contributed by atoms with Gasteiger partial charge in [-0.25, -0.2) is 0 Å². The third-order valence-electron chi connectivity index (χ3n) is 6.29. The van der Waals surface area contributed by atoms with Gasteiger partial charge in [0.25, 0.3) is 5.91 Å². The van der Waals surface area contributed by atoms with Crippen LogP contribution in [0, 0.1) is 5.41 Å². The van der Waals surface area contributed by atoms with Crippen molar-refractivity contribution in [3.63, 3.8) is 0 Å². The van der Waals surface area contributed by atoms with E-state index in [1.165, 1.54) is 32.4 Å². The Bertz CT molecular complexity index is 928. The van der Waals surface area contributed by atoms with Crippen LogP contribution in [0.4, 0.5) is 5.69 Å². The Balaban J connectivity index is 1.47. The molecule has 1 atom stereocenters. The van der Waals surface area contributed by atoms with Gasteiger partial charge in [-0.05, 0) is 63.5 Å². The van der Waals surface area contributed by atoms with Crippen LogP contribution in [0.25, 0.3) is 0 Å². The first-order valence-electron chi connectivity index (χ1n) is 11.6. The number of anilines is 1. The zero-order valence-corrected chi connectivity index (χ0v) is 18.4. The van der Waals surface area contributed by atoms with E-state index >= 15 is 0 Å². The van der Waals surface area contributed by atoms with E-state index in [-0.39, 0.29) is 11.7 Å². The average molecular weight is 437 g/mol. The van der Waals surface area contributed by atoms with Gasteiger partial charge in [0.05, 0.1) is 5.69 Å². The van der Waals surface area contributed by atoms with E-state index in [0.29, 0.717) is 23.5 Å². The first-order chi connectivity index (χ1) is 15.7. The maximum atomic E-state index is 13.4. The molecule has 0 aliphatic carbocycles. The summed E-state index contributed by atoms with van der Waals surface area (Å²) in [4.78, 5) is 17.8. The number of benzene rings is 2. The molecule has 0 spiro atoms. The highest BCUT2D eigenvalue weighted by atomic mass is 16.5. The van der Waals surface area contributed by atoms with Gasteiger partial charge >= 0.3 is 0 Å². The summed E-state index contributed by atoms with van der Waals surface area (Å²) in [6.45, 7) is 4.15. The summed E-state index contributed by atoms with van der Waals surface area (Å²) in [5, 5.41) is 17.0. The van der Waals surface area contributed by atoms with Crippen molar-refractivity contribution in [3.05, 3.63) is 59.7 Å². The van der Waals surface area contributed by atoms with E-state index in [1.807, 2.05) is 35.8 Å². The normalized spacial score (nSPS) is 18.7. The molecular formula is C25H32N4O3. The summed E-state index contributed by atoms with van der Waals surface area (Å²) in [5.74, 6) is 0.397. The predicted molar refractivity (Wildman–Crippen MR) is 124 cm³/mol. The molecule has 170 valence electrons. The highest BCUT2D eigenvalue weighted by Gasteiger charge is 2.35. The van der Waals surface area contributed by atoms with Crippen molar-refractivity contribution >= 4 is 17.4 Å². The molecule has 1 unspecified atom stereocenters. The Morgan fingerprint density at radius 2 is 1.78 bits per heavy atom. The van der Waals surface area contributed by atoms with Gasteiger partial charge in [-0.3, -0.25) is 20.9 Å². The van der Waals surface area contributed by atoms with Crippen LogP contribution in [0.5, 0.6) is 5.75 Å². The van der Waals surface area contributed by atoms with Crippen LogP contribution in [0.3, 0.4) is 0 Å². The fourth-order valence-corrected chi connectivity index (χ4v) is 4.52. The van der Waals surface area contributed by atoms with Crippen molar-refractivity contribution < 1.29 is 14.7 Å². The number of ether oxygens (including phenoxy) is 1. The number of fused-ring (bicyclic) bond motifs is 1. The number of likely N-dealkylation sites (tertiary alicyclic amines) is 1. The number of hydroxylamine groups is 1. The van der Waals surface area contributed by atoms with Crippen LogP contribution in [0.2, 0.25) is 0 Å². The lowest BCUT2D eigenvalue weighted by Crippen LogP contribution is -2.42. The van der Waals surface area contributed by atoms with Gasteiger partial charge in [0.2, 0.25) is 6.10 Å². The van der Waals surface area contributed by atoms with Gasteiger partial charge in [-0.1, -0.05) is 43.2 Å². The van der Waals surface area contributed by atoms with E-state index in [2.05, 4.69) is 4.90 Å². The van der Waals surface area contributed by atoms with E-state index < -0.39 is 6.10 Å². The van der Waals surface area contributed by atoms with Crippen LogP contribution in [-0.4, -0.2) is 48.0 Å². The average Bonchev–Trinajstić information content (AvgIpc) is 2.85. The molecule has 0 bridgehead atoms. The van der Waals surface area contributed by atoms with Crippen molar-refractivity contribution in [2.45, 2.75) is 44.6 Å². The summed E-state index contributed by atoms with van der Waals surface area (Å²) in [6, 6.07) is 14.8. The highest BCUT2D eigenvalue weighted by Crippen LogP contribution is 2.39. The van der Waals surface area contributed by atoms with Crippen molar-refractivity contribution in [1.29, 1.82) is 5.41 Å². The number of amidine groups is 1. The number of nitrogens with zero attached hydrogens (tertiary/aromatic N) is 2. The summed E-state index contributed by atoms with van der Waals surface area (Å²) in [6.07, 6.45) is 6.37. The smallest absolute Gasteiger partial charge is 0.272 e. The Hall–Kier alpha value is -2.90. The van der Waals surface area contributed by atoms with E-state index in [0.717, 1.165) is 31.4 Å². The molecule has 0 aromatic heterocycles. The third kappa shape index (κ3) is 5.11. The minimum Gasteiger partial charge on any atom is -0.474 e. The molecule has 0 saturated carbocycles. The first-order valence-corrected chi connectivity index (χ1v) is 11.6. The lowest BCUT2D eigenvalue weighted by Gasteiger charge is -2.35. The molecule has 2 heterocycles. The number of carbonyl (C=O) groups is 1. The van der Waals surface area contributed by atoms with Crippen molar-refractivity contribution in [1.82, 2.24) is 10.4 Å². The fourth-order valence-electron chi connectivity index (χ4n) is 4.52. The number of hydrogen-bond donors (Lipinski definition) is 3. The third-order valence-corrected chi connectivity index (χ3v) is 6.29. The molecule has 4 rings (SSSR count). The van der Waals surface area contributed by atoms with Gasteiger partial charge in [-0.15, -0.1) is 0 Å². The maximum Gasteiger partial charge on any atom is 0.272 e. The van der Waals surface area contributed by atoms with Crippen LogP contribution in [0.15, 0.2) is 48.5 Å². The van der Waals surface area contributed by atoms with Crippen molar-refractivity contribution in [2.24, 2.45) is 0 Å². The Kier molecular flexibility index (Phi) is 7.39. The van der Waals surface area contributed by atoms with E-state index in [4.69, 9.17) is 15.4 Å². The van der Waals surface area contributed by atoms with Crippen molar-refractivity contribution in [3.8, 4) is 5.75 Å². The van der Waals surface area contributed by atoms with Crippen LogP contribution >= 0.6 is 0 Å². The molecule has 1 amide bonds. The molecule has 1 saturated heterocycles. The van der Waals surface area contributed by atoms with Gasteiger partial charge in [0.15, 0.2) is 0 Å². The fraction of sp³-hybridized carbons (Fsp3) is 0.440. The van der Waals surface area contributed by atoms with Gasteiger partial charge < -0.3 is 14.5 Å². The van der Waals surface area contributed by atoms with Crippen LogP contribution in [-0.2, 0) is 4.79 Å². The number of unbranched alkanes of at least 4 members (excludes halogenated alkanes) is 2. The predicted octanol–water partition coefficient (Wildman–Crippen LogP) is 4.11. The topological polar surface area (TPSA) is 88.9 Å². The number of rotatable bonds is 8. The minimum atomic E-state index is -0.682. The zero-order chi connectivity index (χ0) is 22.3. The molecule has 2 aliphatic rings. The molecule has 32 heavy (non-hydrogen) atoms. The van der Waals surface area contributed by atoms with Gasteiger partial charge in [0, 0.05) is 17.7 Å². The summed E-state index contributed by atoms with van der Waals surface area (Å²) in [7, 11) is 0. The highest BCUT2D eigenvalue weighted by molar-refractivity contribution is 6.03. The second kappa shape index (κ2) is 10.6. The zero-order valence-electron chi connectivity index (χ0n) is 18.4. The molecule has 2 aromatic rings. The SMILES string of the molecule is N=C(NO)c1ccc2c(c1)N(CCCCCN1CCCCC1)C(=O)C(c1ccccc1)O2. The number of amides is 1. The molecule has 1 fully saturated rings. The van der Waals surface area contributed by atoms with Gasteiger partial charge in [-0.2, -0.15) is 0 Å². The molecule has 3 N–H and O–H groups in total. The monoisotopic (exact) mass is 436 g/mol. The van der Waals surface area contributed by atoms with Crippen LogP contribution in [0.1, 0.15) is 55.8 Å². The second-order valence-electron chi connectivity index (χ2n) is 8.53. The minimum absolute atomic E-state index is 0.0969. The summed E-state index contributed by atoms with van der Waals surface area (Å²) in [5.41, 5.74) is 3.85. The number of piperidine rings is 1. The first kappa shape index (κ1) is 22.3.